The molecule has 3 heteroatoms. The van der Waals surface area contributed by atoms with E-state index in [0.717, 1.165) is 17.9 Å². The van der Waals surface area contributed by atoms with E-state index >= 15 is 0 Å². The number of nitrogens with two attached hydrogens (primary N) is 1. The van der Waals surface area contributed by atoms with Crippen LogP contribution in [0.1, 0.15) is 62.0 Å². The predicted octanol–water partition coefficient (Wildman–Crippen LogP) is 5.07. The highest BCUT2D eigenvalue weighted by molar-refractivity contribution is 7.99. The first-order chi connectivity index (χ1) is 9.69. The molecule has 1 saturated heterocycles. The van der Waals surface area contributed by atoms with Crippen molar-refractivity contribution < 1.29 is 0 Å². The second-order valence-electron chi connectivity index (χ2n) is 6.34. The SMILES string of the molecule is NC1(c2ccc(C3CCSCC3)c(Cl)c2)CCCCC1. The minimum Gasteiger partial charge on any atom is -0.321 e. The summed E-state index contributed by atoms with van der Waals surface area (Å²) in [6, 6.07) is 6.65. The van der Waals surface area contributed by atoms with Crippen molar-refractivity contribution in [3.8, 4) is 0 Å². The van der Waals surface area contributed by atoms with Gasteiger partial charge in [-0.05, 0) is 60.3 Å². The number of thioether (sulfide) groups is 1. The molecule has 2 N–H and O–H groups in total. The lowest BCUT2D eigenvalue weighted by Gasteiger charge is -2.34. The number of hydrogen-bond donors (Lipinski definition) is 1. The number of hydrogen-bond acceptors (Lipinski definition) is 2. The Morgan fingerprint density at radius 2 is 1.80 bits per heavy atom. The molecule has 0 spiro atoms. The molecule has 0 aromatic heterocycles. The lowest BCUT2D eigenvalue weighted by atomic mass is 9.77. The Bertz CT molecular complexity index is 462. The average Bonchev–Trinajstić information content (AvgIpc) is 2.49. The van der Waals surface area contributed by atoms with E-state index in [1.165, 1.54) is 54.7 Å². The Hall–Kier alpha value is -0.180. The zero-order valence-electron chi connectivity index (χ0n) is 12.0. The van der Waals surface area contributed by atoms with Crippen LogP contribution in [0.15, 0.2) is 18.2 Å². The molecule has 2 aliphatic rings. The van der Waals surface area contributed by atoms with E-state index < -0.39 is 0 Å². The average molecular weight is 310 g/mol. The fourth-order valence-electron chi connectivity index (χ4n) is 3.65. The molecule has 0 unspecified atom stereocenters. The summed E-state index contributed by atoms with van der Waals surface area (Å²) in [5.74, 6) is 3.19. The van der Waals surface area contributed by atoms with Gasteiger partial charge in [-0.3, -0.25) is 0 Å². The third kappa shape index (κ3) is 3.03. The molecule has 1 aliphatic heterocycles. The van der Waals surface area contributed by atoms with Crippen molar-refractivity contribution in [2.45, 2.75) is 56.4 Å². The summed E-state index contributed by atoms with van der Waals surface area (Å²) in [6.07, 6.45) is 8.54. The second-order valence-corrected chi connectivity index (χ2v) is 7.97. The Morgan fingerprint density at radius 1 is 1.10 bits per heavy atom. The van der Waals surface area contributed by atoms with Gasteiger partial charge < -0.3 is 5.73 Å². The van der Waals surface area contributed by atoms with Crippen LogP contribution in [-0.2, 0) is 5.54 Å². The van der Waals surface area contributed by atoms with E-state index in [1.54, 1.807) is 0 Å². The minimum atomic E-state index is -0.136. The van der Waals surface area contributed by atoms with E-state index in [9.17, 15) is 0 Å². The highest BCUT2D eigenvalue weighted by Gasteiger charge is 2.30. The van der Waals surface area contributed by atoms with Crippen molar-refractivity contribution in [3.05, 3.63) is 34.3 Å². The highest BCUT2D eigenvalue weighted by Crippen LogP contribution is 2.39. The van der Waals surface area contributed by atoms with Crippen molar-refractivity contribution in [2.75, 3.05) is 11.5 Å². The molecule has 2 fully saturated rings. The van der Waals surface area contributed by atoms with Crippen LogP contribution in [0, 0.1) is 0 Å². The van der Waals surface area contributed by atoms with Gasteiger partial charge in [-0.15, -0.1) is 0 Å². The van der Waals surface area contributed by atoms with Crippen molar-refractivity contribution >= 4 is 23.4 Å². The topological polar surface area (TPSA) is 26.0 Å². The van der Waals surface area contributed by atoms with Gasteiger partial charge in [-0.25, -0.2) is 0 Å². The third-order valence-corrected chi connectivity index (χ3v) is 6.36. The summed E-state index contributed by atoms with van der Waals surface area (Å²) in [5, 5.41) is 0.940. The molecule has 0 bridgehead atoms. The fraction of sp³-hybridized carbons (Fsp3) is 0.647. The molecule has 0 radical (unpaired) electrons. The van der Waals surface area contributed by atoms with Crippen LogP contribution in [0.4, 0.5) is 0 Å². The standard InChI is InChI=1S/C17H24ClNS/c18-16-12-14(17(19)8-2-1-3-9-17)4-5-15(16)13-6-10-20-11-7-13/h4-5,12-13H,1-3,6-11,19H2. The first kappa shape index (κ1) is 14.7. The zero-order chi connectivity index (χ0) is 14.0. The summed E-state index contributed by atoms with van der Waals surface area (Å²) in [5.41, 5.74) is 9.07. The Morgan fingerprint density at radius 3 is 2.45 bits per heavy atom. The van der Waals surface area contributed by atoms with Crippen molar-refractivity contribution in [2.24, 2.45) is 5.73 Å². The van der Waals surface area contributed by atoms with Gasteiger partial charge in [-0.2, -0.15) is 11.8 Å². The van der Waals surface area contributed by atoms with E-state index in [2.05, 4.69) is 30.0 Å². The van der Waals surface area contributed by atoms with Gasteiger partial charge >= 0.3 is 0 Å². The largest absolute Gasteiger partial charge is 0.321 e. The van der Waals surface area contributed by atoms with E-state index in [4.69, 9.17) is 17.3 Å². The van der Waals surface area contributed by atoms with E-state index in [-0.39, 0.29) is 5.54 Å². The second kappa shape index (κ2) is 6.29. The smallest absolute Gasteiger partial charge is 0.0444 e. The van der Waals surface area contributed by atoms with Gasteiger partial charge in [0.1, 0.15) is 0 Å². The maximum atomic E-state index is 6.62. The zero-order valence-corrected chi connectivity index (χ0v) is 13.6. The Kier molecular flexibility index (Phi) is 4.64. The van der Waals surface area contributed by atoms with Gasteiger partial charge in [0.05, 0.1) is 0 Å². The molecule has 1 nitrogen and oxygen atoms in total. The molecule has 1 heterocycles. The summed E-state index contributed by atoms with van der Waals surface area (Å²) < 4.78 is 0. The van der Waals surface area contributed by atoms with E-state index in [1.807, 2.05) is 0 Å². The van der Waals surface area contributed by atoms with Crippen LogP contribution in [-0.4, -0.2) is 11.5 Å². The van der Waals surface area contributed by atoms with Crippen molar-refractivity contribution in [1.29, 1.82) is 0 Å². The van der Waals surface area contributed by atoms with Crippen LogP contribution in [0.2, 0.25) is 5.02 Å². The number of rotatable bonds is 2. The molecule has 1 aromatic rings. The lowest BCUT2D eigenvalue weighted by molar-refractivity contribution is 0.302. The van der Waals surface area contributed by atoms with Gasteiger partial charge in [-0.1, -0.05) is 43.0 Å². The molecule has 1 aliphatic carbocycles. The van der Waals surface area contributed by atoms with Crippen LogP contribution >= 0.6 is 23.4 Å². The molecule has 3 rings (SSSR count). The normalized spacial score (nSPS) is 23.7. The maximum absolute atomic E-state index is 6.62. The molecule has 20 heavy (non-hydrogen) atoms. The molecular formula is C17H24ClNS. The first-order valence-electron chi connectivity index (χ1n) is 7.86. The summed E-state index contributed by atoms with van der Waals surface area (Å²) in [6.45, 7) is 0. The highest BCUT2D eigenvalue weighted by atomic mass is 35.5. The molecule has 1 saturated carbocycles. The van der Waals surface area contributed by atoms with Gasteiger partial charge in [0.25, 0.3) is 0 Å². The third-order valence-electron chi connectivity index (χ3n) is 4.98. The first-order valence-corrected chi connectivity index (χ1v) is 9.39. The van der Waals surface area contributed by atoms with Crippen molar-refractivity contribution in [3.63, 3.8) is 0 Å². The van der Waals surface area contributed by atoms with Crippen LogP contribution in [0.3, 0.4) is 0 Å². The predicted molar refractivity (Wildman–Crippen MR) is 89.7 cm³/mol. The van der Waals surface area contributed by atoms with Crippen molar-refractivity contribution in [1.82, 2.24) is 0 Å². The number of benzene rings is 1. The molecule has 0 atom stereocenters. The maximum Gasteiger partial charge on any atom is 0.0444 e. The van der Waals surface area contributed by atoms with Crippen LogP contribution < -0.4 is 5.73 Å². The van der Waals surface area contributed by atoms with Gasteiger partial charge in [0.15, 0.2) is 0 Å². The Labute approximate surface area is 131 Å². The van der Waals surface area contributed by atoms with Crippen LogP contribution in [0.5, 0.6) is 0 Å². The molecule has 1 aromatic carbocycles. The van der Waals surface area contributed by atoms with E-state index in [0.29, 0.717) is 5.92 Å². The Balaban J connectivity index is 1.83. The monoisotopic (exact) mass is 309 g/mol. The molecule has 0 amide bonds. The fourth-order valence-corrected chi connectivity index (χ4v) is 5.09. The van der Waals surface area contributed by atoms with Gasteiger partial charge in [0, 0.05) is 10.6 Å². The van der Waals surface area contributed by atoms with Gasteiger partial charge in [0.2, 0.25) is 0 Å². The minimum absolute atomic E-state index is 0.136. The number of halogens is 1. The molecular weight excluding hydrogens is 286 g/mol. The summed E-state index contributed by atoms with van der Waals surface area (Å²) >= 11 is 8.64. The lowest BCUT2D eigenvalue weighted by Crippen LogP contribution is -2.38. The summed E-state index contributed by atoms with van der Waals surface area (Å²) in [7, 11) is 0. The van der Waals surface area contributed by atoms with Crippen LogP contribution in [0.25, 0.3) is 0 Å². The quantitative estimate of drug-likeness (QED) is 0.825. The summed E-state index contributed by atoms with van der Waals surface area (Å²) in [4.78, 5) is 0. The molecule has 110 valence electrons.